The second-order valence-corrected chi connectivity index (χ2v) is 6.72. The zero-order chi connectivity index (χ0) is 20.4. The molecule has 148 valence electrons. The molecule has 0 saturated carbocycles. The fourth-order valence-electron chi connectivity index (χ4n) is 3.58. The number of nitrogens with one attached hydrogen (secondary N) is 1. The highest BCUT2D eigenvalue weighted by Gasteiger charge is 2.13. The highest BCUT2D eigenvalue weighted by atomic mass is 16.5. The fourth-order valence-corrected chi connectivity index (χ4v) is 3.58. The van der Waals surface area contributed by atoms with Gasteiger partial charge in [-0.15, -0.1) is 0 Å². The Bertz CT molecular complexity index is 1260. The van der Waals surface area contributed by atoms with Gasteiger partial charge in [-0.1, -0.05) is 18.2 Å². The Labute approximate surface area is 167 Å². The molecule has 2 aromatic carbocycles. The number of para-hydroxylation sites is 1. The first-order valence-electron chi connectivity index (χ1n) is 9.52. The molecule has 0 bridgehead atoms. The van der Waals surface area contributed by atoms with Crippen LogP contribution in [0.5, 0.6) is 0 Å². The van der Waals surface area contributed by atoms with Crippen LogP contribution in [-0.2, 0) is 17.8 Å². The largest absolute Gasteiger partial charge is 0.383 e. The van der Waals surface area contributed by atoms with E-state index in [0.717, 1.165) is 22.8 Å². The first-order valence-corrected chi connectivity index (χ1v) is 9.52. The van der Waals surface area contributed by atoms with Crippen LogP contribution >= 0.6 is 0 Å². The van der Waals surface area contributed by atoms with Crippen molar-refractivity contribution in [2.45, 2.75) is 20.0 Å². The van der Waals surface area contributed by atoms with Gasteiger partial charge in [0.25, 0.3) is 11.5 Å². The van der Waals surface area contributed by atoms with E-state index in [9.17, 15) is 9.59 Å². The van der Waals surface area contributed by atoms with Crippen LogP contribution in [0.4, 0.5) is 5.69 Å². The van der Waals surface area contributed by atoms with Gasteiger partial charge in [0.1, 0.15) is 5.69 Å². The van der Waals surface area contributed by atoms with Gasteiger partial charge in [0.15, 0.2) is 0 Å². The lowest BCUT2D eigenvalue weighted by molar-refractivity contribution is 0.101. The summed E-state index contributed by atoms with van der Waals surface area (Å²) >= 11 is 0. The summed E-state index contributed by atoms with van der Waals surface area (Å²) in [6.45, 7) is 3.61. The predicted molar refractivity (Wildman–Crippen MR) is 113 cm³/mol. The van der Waals surface area contributed by atoms with Crippen molar-refractivity contribution in [3.8, 4) is 0 Å². The maximum atomic E-state index is 12.7. The van der Waals surface area contributed by atoms with E-state index >= 15 is 0 Å². The minimum Gasteiger partial charge on any atom is -0.383 e. The Hall–Kier alpha value is -3.45. The lowest BCUT2D eigenvalue weighted by atomic mass is 10.1. The molecule has 7 nitrogen and oxygen atoms in total. The van der Waals surface area contributed by atoms with Crippen molar-refractivity contribution >= 4 is 33.4 Å². The molecule has 0 unspecified atom stereocenters. The van der Waals surface area contributed by atoms with E-state index < -0.39 is 0 Å². The summed E-state index contributed by atoms with van der Waals surface area (Å²) in [6, 6.07) is 16.9. The molecule has 4 rings (SSSR count). The molecule has 1 amide bonds. The van der Waals surface area contributed by atoms with Crippen molar-refractivity contribution in [1.29, 1.82) is 0 Å². The van der Waals surface area contributed by atoms with Crippen molar-refractivity contribution in [2.24, 2.45) is 0 Å². The van der Waals surface area contributed by atoms with Crippen LogP contribution in [0.1, 0.15) is 17.4 Å². The summed E-state index contributed by atoms with van der Waals surface area (Å²) in [5.41, 5.74) is 2.88. The summed E-state index contributed by atoms with van der Waals surface area (Å²) in [6.07, 6.45) is 0. The van der Waals surface area contributed by atoms with E-state index in [1.54, 1.807) is 7.11 Å². The van der Waals surface area contributed by atoms with Gasteiger partial charge in [-0.3, -0.25) is 9.59 Å². The number of nitrogens with zero attached hydrogens (tertiary/aromatic N) is 3. The maximum absolute atomic E-state index is 12.7. The van der Waals surface area contributed by atoms with Gasteiger partial charge in [-0.2, -0.15) is 5.10 Å². The van der Waals surface area contributed by atoms with Crippen LogP contribution < -0.4 is 10.9 Å². The maximum Gasteiger partial charge on any atom is 0.276 e. The monoisotopic (exact) mass is 390 g/mol. The number of rotatable bonds is 6. The van der Waals surface area contributed by atoms with Crippen LogP contribution in [0.2, 0.25) is 0 Å². The Morgan fingerprint density at radius 1 is 1.07 bits per heavy atom. The molecule has 0 fully saturated rings. The Morgan fingerprint density at radius 3 is 2.66 bits per heavy atom. The number of carbonyl (C=O) groups is 1. The number of anilines is 1. The first kappa shape index (κ1) is 18.9. The number of hydrogen-bond acceptors (Lipinski definition) is 4. The minimum absolute atomic E-state index is 0.178. The van der Waals surface area contributed by atoms with Gasteiger partial charge in [-0.05, 0) is 37.3 Å². The van der Waals surface area contributed by atoms with Gasteiger partial charge in [0, 0.05) is 47.2 Å². The molecule has 0 atom stereocenters. The summed E-state index contributed by atoms with van der Waals surface area (Å²) in [5, 5.41) is 9.26. The van der Waals surface area contributed by atoms with Crippen LogP contribution in [0.25, 0.3) is 21.8 Å². The average molecular weight is 390 g/mol. The third-order valence-electron chi connectivity index (χ3n) is 4.95. The van der Waals surface area contributed by atoms with Crippen molar-refractivity contribution < 1.29 is 9.53 Å². The molecule has 2 heterocycles. The Morgan fingerprint density at radius 2 is 1.86 bits per heavy atom. The first-order chi connectivity index (χ1) is 14.1. The van der Waals surface area contributed by atoms with Crippen molar-refractivity contribution in [3.05, 3.63) is 70.6 Å². The molecule has 0 aliphatic carbocycles. The van der Waals surface area contributed by atoms with E-state index in [1.807, 2.05) is 30.3 Å². The number of carbonyl (C=O) groups excluding carboxylic acids is 1. The van der Waals surface area contributed by atoms with Crippen molar-refractivity contribution in [3.63, 3.8) is 0 Å². The molecule has 4 aromatic rings. The smallest absolute Gasteiger partial charge is 0.276 e. The average Bonchev–Trinajstić information content (AvgIpc) is 3.06. The number of aromatic nitrogens is 3. The number of fused-ring (bicyclic) bond motifs is 3. The van der Waals surface area contributed by atoms with E-state index in [2.05, 4.69) is 34.0 Å². The molecule has 2 aromatic heterocycles. The third-order valence-corrected chi connectivity index (χ3v) is 4.95. The molecule has 7 heteroatoms. The molecule has 0 saturated heterocycles. The third kappa shape index (κ3) is 3.52. The van der Waals surface area contributed by atoms with Crippen molar-refractivity contribution in [2.75, 3.05) is 19.0 Å². The molecular formula is C22H22N4O3. The second kappa shape index (κ2) is 7.89. The van der Waals surface area contributed by atoms with Gasteiger partial charge in [0.2, 0.25) is 0 Å². The zero-order valence-electron chi connectivity index (χ0n) is 16.4. The van der Waals surface area contributed by atoms with Crippen molar-refractivity contribution in [1.82, 2.24) is 14.3 Å². The van der Waals surface area contributed by atoms with E-state index in [4.69, 9.17) is 4.74 Å². The number of ether oxygens (including phenoxy) is 1. The van der Waals surface area contributed by atoms with Crippen LogP contribution in [0.15, 0.2) is 59.4 Å². The summed E-state index contributed by atoms with van der Waals surface area (Å²) in [5.74, 6) is -0.366. The lowest BCUT2D eigenvalue weighted by Gasteiger charge is -2.08. The minimum atomic E-state index is -0.366. The van der Waals surface area contributed by atoms with E-state index in [-0.39, 0.29) is 17.2 Å². The molecular weight excluding hydrogens is 368 g/mol. The number of amides is 1. The molecule has 29 heavy (non-hydrogen) atoms. The van der Waals surface area contributed by atoms with Gasteiger partial charge in [-0.25, -0.2) is 4.68 Å². The fraction of sp³-hybridized carbons (Fsp3) is 0.227. The summed E-state index contributed by atoms with van der Waals surface area (Å²) < 4.78 is 8.47. The SMILES string of the molecule is CCn1c2ccccc2c2cc(NC(=O)c3ccc(=O)n(CCOC)n3)ccc21. The molecule has 1 N–H and O–H groups in total. The van der Waals surface area contributed by atoms with E-state index in [1.165, 1.54) is 22.3 Å². The van der Waals surface area contributed by atoms with Gasteiger partial charge in [0.05, 0.1) is 13.2 Å². The van der Waals surface area contributed by atoms with Gasteiger partial charge >= 0.3 is 0 Å². The summed E-state index contributed by atoms with van der Waals surface area (Å²) in [4.78, 5) is 24.6. The number of aryl methyl sites for hydroxylation is 1. The number of methoxy groups -OCH3 is 1. The highest BCUT2D eigenvalue weighted by molar-refractivity contribution is 6.10. The zero-order valence-corrected chi connectivity index (χ0v) is 16.4. The molecule has 0 radical (unpaired) electrons. The predicted octanol–water partition coefficient (Wildman–Crippen LogP) is 3.27. The number of benzene rings is 2. The topological polar surface area (TPSA) is 78.2 Å². The Kier molecular flexibility index (Phi) is 5.14. The normalized spacial score (nSPS) is 11.2. The number of hydrogen-bond donors (Lipinski definition) is 1. The van der Waals surface area contributed by atoms with Crippen LogP contribution in [0.3, 0.4) is 0 Å². The highest BCUT2D eigenvalue weighted by Crippen LogP contribution is 2.31. The van der Waals surface area contributed by atoms with Gasteiger partial charge < -0.3 is 14.6 Å². The lowest BCUT2D eigenvalue weighted by Crippen LogP contribution is -2.27. The van der Waals surface area contributed by atoms with Crippen LogP contribution in [0, 0.1) is 0 Å². The van der Waals surface area contributed by atoms with Crippen LogP contribution in [-0.4, -0.2) is 34.0 Å². The summed E-state index contributed by atoms with van der Waals surface area (Å²) in [7, 11) is 1.55. The van der Waals surface area contributed by atoms with E-state index in [0.29, 0.717) is 18.8 Å². The molecule has 0 spiro atoms. The Balaban J connectivity index is 1.67. The quantitative estimate of drug-likeness (QED) is 0.548. The standard InChI is InChI=1S/C22H22N4O3/c1-3-25-19-7-5-4-6-16(19)17-14-15(8-10-20(17)25)23-22(28)18-9-11-21(27)26(24-18)12-13-29-2/h4-11,14H,3,12-13H2,1-2H3,(H,23,28). The molecule has 0 aliphatic heterocycles. The second-order valence-electron chi connectivity index (χ2n) is 6.72. The molecule has 0 aliphatic rings.